The van der Waals surface area contributed by atoms with Crippen molar-refractivity contribution in [2.24, 2.45) is 0 Å². The van der Waals surface area contributed by atoms with Gasteiger partial charge in [-0.2, -0.15) is 0 Å². The van der Waals surface area contributed by atoms with Gasteiger partial charge in [0.1, 0.15) is 0 Å². The van der Waals surface area contributed by atoms with Crippen LogP contribution in [-0.4, -0.2) is 0 Å². The molecule has 0 saturated carbocycles. The van der Waals surface area contributed by atoms with Gasteiger partial charge in [-0.1, -0.05) is 0 Å². The molecule has 0 aromatic carbocycles. The van der Waals surface area contributed by atoms with Gasteiger partial charge in [0.15, 0.2) is 0 Å². The van der Waals surface area contributed by atoms with E-state index in [9.17, 15) is 0 Å². The lowest BCUT2D eigenvalue weighted by molar-refractivity contribution is -0.472. The highest BCUT2D eigenvalue weighted by molar-refractivity contribution is 4.99. The van der Waals surface area contributed by atoms with E-state index in [4.69, 9.17) is 0 Å². The number of H-pyrrole nitrogens is 2. The van der Waals surface area contributed by atoms with Gasteiger partial charge in [-0.15, -0.1) is 0 Å². The molecule has 70 valence electrons. The Hall–Kier alpha value is 0.540. The minimum Gasteiger partial charge on any atom is -1.00 e. The van der Waals surface area contributed by atoms with E-state index in [0.717, 1.165) is 0 Å². The molecule has 0 spiro atoms. The second kappa shape index (κ2) is 6.06. The van der Waals surface area contributed by atoms with Gasteiger partial charge in [0, 0.05) is 27.7 Å². The molecule has 0 amide bonds. The van der Waals surface area contributed by atoms with Crippen molar-refractivity contribution in [3.05, 3.63) is 22.8 Å². The summed E-state index contributed by atoms with van der Waals surface area (Å²) >= 11 is 0. The fourth-order valence-electron chi connectivity index (χ4n) is 0.938. The summed E-state index contributed by atoms with van der Waals surface area (Å²) < 4.78 is 0. The Morgan fingerprint density at radius 1 is 0.583 bits per heavy atom. The predicted molar refractivity (Wildman–Crippen MR) is 38.5 cm³/mol. The molecular formula is C8H14I2N2. The van der Waals surface area contributed by atoms with Gasteiger partial charge >= 0.3 is 0 Å². The summed E-state index contributed by atoms with van der Waals surface area (Å²) in [4.78, 5) is 6.55. The molecule has 1 heterocycles. The zero-order valence-corrected chi connectivity index (χ0v) is 12.1. The van der Waals surface area contributed by atoms with Crippen molar-refractivity contribution in [2.45, 2.75) is 27.7 Å². The first kappa shape index (κ1) is 15.0. The van der Waals surface area contributed by atoms with Crippen molar-refractivity contribution in [3.8, 4) is 0 Å². The first-order valence-electron chi connectivity index (χ1n) is 3.50. The predicted octanol–water partition coefficient (Wildman–Crippen LogP) is -5.44. The van der Waals surface area contributed by atoms with E-state index in [1.165, 1.54) is 22.8 Å². The summed E-state index contributed by atoms with van der Waals surface area (Å²) in [7, 11) is 0. The lowest BCUT2D eigenvalue weighted by Gasteiger charge is -1.89. The Morgan fingerprint density at radius 2 is 0.750 bits per heavy atom. The van der Waals surface area contributed by atoms with Crippen molar-refractivity contribution < 1.29 is 57.9 Å². The van der Waals surface area contributed by atoms with Gasteiger partial charge in [0.2, 0.25) is 22.8 Å². The number of nitrogens with one attached hydrogen (secondary N) is 2. The molecule has 12 heavy (non-hydrogen) atoms. The van der Waals surface area contributed by atoms with E-state index < -0.39 is 0 Å². The normalized spacial score (nSPS) is 8.33. The Labute approximate surface area is 108 Å². The number of aryl methyl sites for hydroxylation is 4. The number of hydrogen-bond donors (Lipinski definition) is 0. The molecule has 2 N–H and O–H groups in total. The van der Waals surface area contributed by atoms with Crippen LogP contribution in [-0.2, 0) is 0 Å². The maximum atomic E-state index is 3.28. The van der Waals surface area contributed by atoms with Gasteiger partial charge in [-0.25, -0.2) is 9.97 Å². The van der Waals surface area contributed by atoms with Gasteiger partial charge < -0.3 is 48.0 Å². The highest BCUT2D eigenvalue weighted by Crippen LogP contribution is 1.94. The number of halogens is 2. The first-order chi connectivity index (χ1) is 4.61. The fourth-order valence-corrected chi connectivity index (χ4v) is 0.938. The van der Waals surface area contributed by atoms with Crippen LogP contribution in [0.3, 0.4) is 0 Å². The van der Waals surface area contributed by atoms with Crippen LogP contribution in [0, 0.1) is 27.7 Å². The Kier molecular flexibility index (Phi) is 7.60. The number of rotatable bonds is 0. The van der Waals surface area contributed by atoms with E-state index in [1.807, 2.05) is 0 Å². The van der Waals surface area contributed by atoms with Crippen LogP contribution in [0.25, 0.3) is 0 Å². The van der Waals surface area contributed by atoms with Crippen molar-refractivity contribution in [1.82, 2.24) is 0 Å². The standard InChI is InChI=1S/C8H12N2.2HI/c1-5-6(2)10-8(4)7(3)9-5;;/h1-4H3;2*1H. The molecule has 1 aromatic heterocycles. The minimum atomic E-state index is 0. The topological polar surface area (TPSA) is 28.3 Å². The third-order valence-electron chi connectivity index (χ3n) is 1.88. The van der Waals surface area contributed by atoms with E-state index in [1.54, 1.807) is 0 Å². The molecule has 2 nitrogen and oxygen atoms in total. The van der Waals surface area contributed by atoms with Gasteiger partial charge in [-0.05, 0) is 0 Å². The molecule has 0 fully saturated rings. The summed E-state index contributed by atoms with van der Waals surface area (Å²) in [6.07, 6.45) is 0. The third kappa shape index (κ3) is 3.51. The van der Waals surface area contributed by atoms with E-state index in [2.05, 4.69) is 37.7 Å². The van der Waals surface area contributed by atoms with E-state index >= 15 is 0 Å². The minimum absolute atomic E-state index is 0. The van der Waals surface area contributed by atoms with E-state index in [0.29, 0.717) is 0 Å². The Balaban J connectivity index is 0. The zero-order chi connectivity index (χ0) is 7.72. The van der Waals surface area contributed by atoms with Crippen LogP contribution >= 0.6 is 0 Å². The van der Waals surface area contributed by atoms with Crippen LogP contribution < -0.4 is 57.9 Å². The smallest absolute Gasteiger partial charge is 0.243 e. The molecule has 1 aromatic rings. The number of hydrogen-bond acceptors (Lipinski definition) is 0. The van der Waals surface area contributed by atoms with Crippen molar-refractivity contribution in [2.75, 3.05) is 0 Å². The summed E-state index contributed by atoms with van der Waals surface area (Å²) in [6.45, 7) is 8.27. The van der Waals surface area contributed by atoms with Crippen molar-refractivity contribution in [1.29, 1.82) is 0 Å². The molecule has 0 atom stereocenters. The molecule has 0 bridgehead atoms. The Bertz CT molecular complexity index is 211. The highest BCUT2D eigenvalue weighted by Gasteiger charge is 2.12. The quantitative estimate of drug-likeness (QED) is 0.395. The van der Waals surface area contributed by atoms with E-state index in [-0.39, 0.29) is 48.0 Å². The molecule has 0 aliphatic rings. The third-order valence-corrected chi connectivity index (χ3v) is 1.88. The summed E-state index contributed by atoms with van der Waals surface area (Å²) in [6, 6.07) is 0. The SMILES string of the molecule is Cc1[nH+]c(C)c(C)[nH+]c1C.[I-].[I-]. The molecule has 1 rings (SSSR count). The molecule has 0 saturated heterocycles. The van der Waals surface area contributed by atoms with Crippen LogP contribution in [0.4, 0.5) is 0 Å². The average molecular weight is 392 g/mol. The average Bonchev–Trinajstić information content (AvgIpc) is 1.84. The number of aromatic amines is 2. The zero-order valence-electron chi connectivity index (χ0n) is 7.76. The first-order valence-corrected chi connectivity index (χ1v) is 3.50. The molecule has 4 heteroatoms. The second-order valence-corrected chi connectivity index (χ2v) is 2.75. The van der Waals surface area contributed by atoms with Gasteiger partial charge in [0.05, 0.1) is 0 Å². The van der Waals surface area contributed by atoms with Crippen LogP contribution in [0.15, 0.2) is 0 Å². The summed E-state index contributed by atoms with van der Waals surface area (Å²) in [5, 5.41) is 0. The van der Waals surface area contributed by atoms with Crippen molar-refractivity contribution >= 4 is 0 Å². The van der Waals surface area contributed by atoms with Gasteiger partial charge in [-0.3, -0.25) is 0 Å². The second-order valence-electron chi connectivity index (χ2n) is 2.75. The molecule has 0 aliphatic heterocycles. The van der Waals surface area contributed by atoms with Crippen LogP contribution in [0.5, 0.6) is 0 Å². The monoisotopic (exact) mass is 392 g/mol. The molecular weight excluding hydrogens is 378 g/mol. The largest absolute Gasteiger partial charge is 1.00 e. The summed E-state index contributed by atoms with van der Waals surface area (Å²) in [5.74, 6) is 0. The summed E-state index contributed by atoms with van der Waals surface area (Å²) in [5.41, 5.74) is 4.84. The molecule has 0 aliphatic carbocycles. The Morgan fingerprint density at radius 3 is 0.917 bits per heavy atom. The van der Waals surface area contributed by atoms with Gasteiger partial charge in [0.25, 0.3) is 0 Å². The lowest BCUT2D eigenvalue weighted by Crippen LogP contribution is -3.00. The maximum absolute atomic E-state index is 3.28. The fraction of sp³-hybridized carbons (Fsp3) is 0.500. The van der Waals surface area contributed by atoms with Crippen LogP contribution in [0.2, 0.25) is 0 Å². The van der Waals surface area contributed by atoms with Crippen LogP contribution in [0.1, 0.15) is 22.8 Å². The molecule has 0 radical (unpaired) electrons. The van der Waals surface area contributed by atoms with Crippen molar-refractivity contribution in [3.63, 3.8) is 0 Å². The number of aromatic nitrogens is 2. The lowest BCUT2D eigenvalue weighted by atomic mass is 10.3. The maximum Gasteiger partial charge on any atom is 0.243 e. The molecule has 0 unspecified atom stereocenters. The highest BCUT2D eigenvalue weighted by atomic mass is 127.